The highest BCUT2D eigenvalue weighted by atomic mass is 16.6. The largest absolute Gasteiger partial charge is 0.453 e. The Labute approximate surface area is 198 Å². The molecule has 0 radical (unpaired) electrons. The Morgan fingerprint density at radius 2 is 1.45 bits per heavy atom. The van der Waals surface area contributed by atoms with E-state index in [9.17, 15) is 4.79 Å². The molecule has 0 bridgehead atoms. The third kappa shape index (κ3) is 6.11. The van der Waals surface area contributed by atoms with E-state index in [0.29, 0.717) is 6.42 Å². The first kappa shape index (κ1) is 23.3. The summed E-state index contributed by atoms with van der Waals surface area (Å²) in [5, 5.41) is 0. The van der Waals surface area contributed by atoms with Crippen LogP contribution in [0.4, 0.5) is 0 Å². The lowest BCUT2D eigenvalue weighted by Crippen LogP contribution is -2.46. The van der Waals surface area contributed by atoms with Crippen molar-refractivity contribution in [1.29, 1.82) is 0 Å². The summed E-state index contributed by atoms with van der Waals surface area (Å²) >= 11 is 0. The van der Waals surface area contributed by atoms with Crippen molar-refractivity contribution in [2.24, 2.45) is 11.8 Å². The van der Waals surface area contributed by atoms with Gasteiger partial charge < -0.3 is 9.64 Å². The fourth-order valence-corrected chi connectivity index (χ4v) is 4.63. The lowest BCUT2D eigenvalue weighted by Gasteiger charge is -2.41. The van der Waals surface area contributed by atoms with Crippen LogP contribution in [0.2, 0.25) is 0 Å². The van der Waals surface area contributed by atoms with E-state index >= 15 is 0 Å². The molecular weight excluding hydrogens is 406 g/mol. The van der Waals surface area contributed by atoms with E-state index in [1.54, 1.807) is 0 Å². The van der Waals surface area contributed by atoms with E-state index < -0.39 is 5.60 Å². The van der Waals surface area contributed by atoms with Crippen molar-refractivity contribution in [3.8, 4) is 0 Å². The molecule has 3 aromatic rings. The standard InChI is InChI=1S/C30H35NO2/c1-24(23-31(2)21-20-25-12-6-3-7-13-25)30(28-16-10-5-11-17-28,33-29(32)27-18-19-27)22-26-14-8-4-9-15-26/h3-17,24,27H,18-23H2,1-2H3/t24-,30-/m1/s1. The molecular formula is C30H35NO2. The molecule has 0 heterocycles. The van der Waals surface area contributed by atoms with Crippen LogP contribution >= 0.6 is 0 Å². The van der Waals surface area contributed by atoms with Crippen LogP contribution < -0.4 is 0 Å². The number of esters is 1. The van der Waals surface area contributed by atoms with Crippen LogP contribution in [0.25, 0.3) is 0 Å². The predicted molar refractivity (Wildman–Crippen MR) is 134 cm³/mol. The summed E-state index contributed by atoms with van der Waals surface area (Å²) in [6.45, 7) is 4.03. The first-order valence-electron chi connectivity index (χ1n) is 12.1. The minimum Gasteiger partial charge on any atom is -0.453 e. The smallest absolute Gasteiger partial charge is 0.309 e. The summed E-state index contributed by atoms with van der Waals surface area (Å²) in [4.78, 5) is 15.4. The monoisotopic (exact) mass is 441 g/mol. The predicted octanol–water partition coefficient (Wildman–Crippen LogP) is 5.89. The molecule has 3 nitrogen and oxygen atoms in total. The minimum absolute atomic E-state index is 0.0476. The number of hydrogen-bond donors (Lipinski definition) is 0. The molecule has 0 aromatic heterocycles. The Kier molecular flexibility index (Phi) is 7.61. The van der Waals surface area contributed by atoms with Crippen molar-refractivity contribution >= 4 is 5.97 Å². The molecule has 4 rings (SSSR count). The molecule has 3 aromatic carbocycles. The zero-order valence-corrected chi connectivity index (χ0v) is 19.8. The SMILES string of the molecule is C[C@H](CN(C)CCc1ccccc1)[C@@](Cc1ccccc1)(OC(=O)C1CC1)c1ccccc1. The molecule has 0 saturated heterocycles. The van der Waals surface area contributed by atoms with E-state index in [0.717, 1.165) is 37.9 Å². The van der Waals surface area contributed by atoms with Crippen LogP contribution in [0, 0.1) is 11.8 Å². The number of likely N-dealkylation sites (N-methyl/N-ethyl adjacent to an activating group) is 1. The van der Waals surface area contributed by atoms with Crippen molar-refractivity contribution in [3.63, 3.8) is 0 Å². The lowest BCUT2D eigenvalue weighted by atomic mass is 9.77. The maximum atomic E-state index is 13.0. The molecule has 3 heteroatoms. The average molecular weight is 442 g/mol. The van der Waals surface area contributed by atoms with Gasteiger partial charge in [0.1, 0.15) is 5.60 Å². The highest BCUT2D eigenvalue weighted by molar-refractivity contribution is 5.75. The van der Waals surface area contributed by atoms with Gasteiger partial charge in [-0.25, -0.2) is 0 Å². The van der Waals surface area contributed by atoms with Gasteiger partial charge in [-0.2, -0.15) is 0 Å². The molecule has 2 atom stereocenters. The van der Waals surface area contributed by atoms with Gasteiger partial charge in [0.05, 0.1) is 5.92 Å². The van der Waals surface area contributed by atoms with Gasteiger partial charge in [-0.05, 0) is 43.0 Å². The summed E-state index contributed by atoms with van der Waals surface area (Å²) in [6.07, 6.45) is 3.56. The lowest BCUT2D eigenvalue weighted by molar-refractivity contribution is -0.170. The molecule has 1 fully saturated rings. The third-order valence-corrected chi connectivity index (χ3v) is 6.77. The molecule has 33 heavy (non-hydrogen) atoms. The molecule has 0 aliphatic heterocycles. The zero-order chi connectivity index (χ0) is 23.1. The van der Waals surface area contributed by atoms with Crippen molar-refractivity contribution in [2.45, 2.75) is 38.2 Å². The molecule has 1 saturated carbocycles. The number of nitrogens with zero attached hydrogens (tertiary/aromatic N) is 1. The molecule has 1 aliphatic carbocycles. The van der Waals surface area contributed by atoms with Gasteiger partial charge in [0.15, 0.2) is 0 Å². The highest BCUT2D eigenvalue weighted by Crippen LogP contribution is 2.41. The average Bonchev–Trinajstić information content (AvgIpc) is 3.70. The maximum Gasteiger partial charge on any atom is 0.309 e. The highest BCUT2D eigenvalue weighted by Gasteiger charge is 2.45. The van der Waals surface area contributed by atoms with Crippen LogP contribution in [-0.4, -0.2) is 31.0 Å². The van der Waals surface area contributed by atoms with E-state index in [4.69, 9.17) is 4.74 Å². The quantitative estimate of drug-likeness (QED) is 0.348. The fraction of sp³-hybridized carbons (Fsp3) is 0.367. The van der Waals surface area contributed by atoms with Crippen molar-refractivity contribution < 1.29 is 9.53 Å². The zero-order valence-electron chi connectivity index (χ0n) is 19.8. The molecule has 0 unspecified atom stereocenters. The van der Waals surface area contributed by atoms with E-state index in [-0.39, 0.29) is 17.8 Å². The summed E-state index contributed by atoms with van der Waals surface area (Å²) in [5.41, 5.74) is 2.90. The fourth-order valence-electron chi connectivity index (χ4n) is 4.63. The van der Waals surface area contributed by atoms with Gasteiger partial charge in [-0.1, -0.05) is 97.9 Å². The minimum atomic E-state index is -0.705. The second-order valence-corrected chi connectivity index (χ2v) is 9.51. The summed E-state index contributed by atoms with van der Waals surface area (Å²) in [7, 11) is 2.17. The Morgan fingerprint density at radius 1 is 0.909 bits per heavy atom. The van der Waals surface area contributed by atoms with Gasteiger partial charge in [0, 0.05) is 25.4 Å². The molecule has 0 N–H and O–H groups in total. The van der Waals surface area contributed by atoms with Crippen molar-refractivity contribution in [1.82, 2.24) is 4.90 Å². The third-order valence-electron chi connectivity index (χ3n) is 6.77. The summed E-state index contributed by atoms with van der Waals surface area (Å²) < 4.78 is 6.51. The van der Waals surface area contributed by atoms with Crippen LogP contribution in [0.3, 0.4) is 0 Å². The van der Waals surface area contributed by atoms with E-state index in [2.05, 4.69) is 85.6 Å². The van der Waals surface area contributed by atoms with Gasteiger partial charge >= 0.3 is 5.97 Å². The normalized spacial score (nSPS) is 16.2. The second-order valence-electron chi connectivity index (χ2n) is 9.51. The van der Waals surface area contributed by atoms with E-state index in [1.807, 2.05) is 24.3 Å². The first-order chi connectivity index (χ1) is 16.1. The van der Waals surface area contributed by atoms with Crippen LogP contribution in [-0.2, 0) is 28.0 Å². The Hall–Kier alpha value is -2.91. The van der Waals surface area contributed by atoms with Gasteiger partial charge in [-0.3, -0.25) is 4.79 Å². The van der Waals surface area contributed by atoms with Gasteiger partial charge in [-0.15, -0.1) is 0 Å². The van der Waals surface area contributed by atoms with Crippen molar-refractivity contribution in [3.05, 3.63) is 108 Å². The topological polar surface area (TPSA) is 29.5 Å². The summed E-state index contributed by atoms with van der Waals surface area (Å²) in [5.74, 6) is 0.129. The molecule has 0 spiro atoms. The first-order valence-corrected chi connectivity index (χ1v) is 12.1. The van der Waals surface area contributed by atoms with Crippen LogP contribution in [0.15, 0.2) is 91.0 Å². The van der Waals surface area contributed by atoms with Crippen LogP contribution in [0.5, 0.6) is 0 Å². The summed E-state index contributed by atoms with van der Waals surface area (Å²) in [6, 6.07) is 31.4. The molecule has 172 valence electrons. The second kappa shape index (κ2) is 10.8. The Balaban J connectivity index is 1.60. The maximum absolute atomic E-state index is 13.0. The number of carbonyl (C=O) groups is 1. The Morgan fingerprint density at radius 3 is 2.03 bits per heavy atom. The molecule has 0 amide bonds. The number of rotatable bonds is 11. The number of carbonyl (C=O) groups excluding carboxylic acids is 1. The van der Waals surface area contributed by atoms with Crippen molar-refractivity contribution in [2.75, 3.05) is 20.1 Å². The number of benzene rings is 3. The van der Waals surface area contributed by atoms with E-state index in [1.165, 1.54) is 11.1 Å². The number of hydrogen-bond acceptors (Lipinski definition) is 3. The van der Waals surface area contributed by atoms with Gasteiger partial charge in [0.25, 0.3) is 0 Å². The number of ether oxygens (including phenoxy) is 1. The van der Waals surface area contributed by atoms with Gasteiger partial charge in [0.2, 0.25) is 0 Å². The Bertz CT molecular complexity index is 1000. The van der Waals surface area contributed by atoms with Crippen LogP contribution in [0.1, 0.15) is 36.5 Å². The molecule has 1 aliphatic rings.